The van der Waals surface area contributed by atoms with Crippen LogP contribution in [0.3, 0.4) is 0 Å². The van der Waals surface area contributed by atoms with Crippen molar-refractivity contribution >= 4 is 11.9 Å². The third kappa shape index (κ3) is 6.52. The van der Waals surface area contributed by atoms with Crippen molar-refractivity contribution in [3.05, 3.63) is 59.7 Å². The van der Waals surface area contributed by atoms with E-state index in [1.165, 1.54) is 39.9 Å². The van der Waals surface area contributed by atoms with Gasteiger partial charge in [0.05, 0.1) is 26.1 Å². The Morgan fingerprint density at radius 2 is 0.971 bits per heavy atom. The van der Waals surface area contributed by atoms with Crippen molar-refractivity contribution in [2.75, 3.05) is 14.2 Å². The Kier molecular flexibility index (Phi) is 8.59. The summed E-state index contributed by atoms with van der Waals surface area (Å²) in [7, 11) is 2.86. The number of carbonyl (C=O) groups excluding carboxylic acids is 2. The molecule has 34 heavy (non-hydrogen) atoms. The zero-order valence-corrected chi connectivity index (χ0v) is 20.4. The molecule has 6 heteroatoms. The lowest BCUT2D eigenvalue weighted by molar-refractivity contribution is -0.146. The van der Waals surface area contributed by atoms with E-state index in [-0.39, 0.29) is 47.1 Å². The van der Waals surface area contributed by atoms with Gasteiger partial charge < -0.3 is 19.7 Å². The summed E-state index contributed by atoms with van der Waals surface area (Å²) < 4.78 is 9.66. The second-order valence-electron chi connectivity index (χ2n) is 9.53. The van der Waals surface area contributed by atoms with Crippen LogP contribution in [-0.2, 0) is 19.1 Å². The van der Waals surface area contributed by atoms with Crippen LogP contribution in [0.1, 0.15) is 62.5 Å². The highest BCUT2D eigenvalue weighted by molar-refractivity contribution is 5.73. The maximum atomic E-state index is 11.7. The highest BCUT2D eigenvalue weighted by Gasteiger charge is 2.39. The molecule has 2 saturated carbocycles. The SMILES string of the molecule is COC(=O)[C@@H](C)[C@H](c1ccc(O)cc1)C1CC1.COC(=O)[C@H](C)[C@H](c1ccc(O)cc1)C1CC1. The molecule has 0 heterocycles. The van der Waals surface area contributed by atoms with Crippen LogP contribution >= 0.6 is 0 Å². The number of esters is 2. The van der Waals surface area contributed by atoms with Crippen LogP contribution in [0, 0.1) is 23.7 Å². The second-order valence-corrected chi connectivity index (χ2v) is 9.53. The highest BCUT2D eigenvalue weighted by Crippen LogP contribution is 2.48. The van der Waals surface area contributed by atoms with Crippen LogP contribution in [0.25, 0.3) is 0 Å². The molecule has 0 amide bonds. The topological polar surface area (TPSA) is 93.1 Å². The molecular weight excluding hydrogens is 432 g/mol. The van der Waals surface area contributed by atoms with Gasteiger partial charge in [0.2, 0.25) is 0 Å². The summed E-state index contributed by atoms with van der Waals surface area (Å²) in [5.41, 5.74) is 2.23. The second kappa shape index (κ2) is 11.4. The lowest BCUT2D eigenvalue weighted by Gasteiger charge is -2.22. The standard InChI is InChI=1S/2C14H18O3/c2*1-9(14(16)17-2)13(10-3-4-10)11-5-7-12(15)8-6-11/h2*5-10,13,15H,3-4H2,1-2H3/t9-,13+;9-,13-/m10/s1. The molecule has 0 bridgehead atoms. The molecule has 0 unspecified atom stereocenters. The van der Waals surface area contributed by atoms with Gasteiger partial charge in [0.15, 0.2) is 0 Å². The number of benzene rings is 2. The number of hydrogen-bond donors (Lipinski definition) is 2. The van der Waals surface area contributed by atoms with E-state index in [1.54, 1.807) is 24.3 Å². The Bertz CT molecular complexity index is 864. The van der Waals surface area contributed by atoms with Gasteiger partial charge in [-0.2, -0.15) is 0 Å². The molecule has 2 aromatic carbocycles. The van der Waals surface area contributed by atoms with Crippen molar-refractivity contribution in [3.8, 4) is 11.5 Å². The molecule has 0 aliphatic heterocycles. The minimum absolute atomic E-state index is 0.128. The van der Waals surface area contributed by atoms with Crippen molar-refractivity contribution in [2.45, 2.75) is 51.4 Å². The molecule has 4 atom stereocenters. The molecular formula is C28H36O6. The normalized spacial score (nSPS) is 18.5. The van der Waals surface area contributed by atoms with E-state index >= 15 is 0 Å². The first-order valence-corrected chi connectivity index (χ1v) is 12.0. The van der Waals surface area contributed by atoms with Gasteiger partial charge in [0.25, 0.3) is 0 Å². The Balaban J connectivity index is 0.000000191. The van der Waals surface area contributed by atoms with Crippen LogP contribution in [0.5, 0.6) is 11.5 Å². The van der Waals surface area contributed by atoms with Crippen molar-refractivity contribution in [1.29, 1.82) is 0 Å². The number of methoxy groups -OCH3 is 2. The largest absolute Gasteiger partial charge is 0.508 e. The summed E-state index contributed by atoms with van der Waals surface area (Å²) in [6, 6.07) is 14.3. The van der Waals surface area contributed by atoms with Crippen LogP contribution in [0.15, 0.2) is 48.5 Å². The molecule has 0 saturated heterocycles. The molecule has 6 nitrogen and oxygen atoms in total. The summed E-state index contributed by atoms with van der Waals surface area (Å²) in [5, 5.41) is 18.6. The summed E-state index contributed by atoms with van der Waals surface area (Å²) in [5.74, 6) is 1.52. The monoisotopic (exact) mass is 468 g/mol. The van der Waals surface area contributed by atoms with Crippen molar-refractivity contribution in [1.82, 2.24) is 0 Å². The average molecular weight is 469 g/mol. The minimum Gasteiger partial charge on any atom is -0.508 e. The van der Waals surface area contributed by atoms with E-state index in [4.69, 9.17) is 9.47 Å². The maximum Gasteiger partial charge on any atom is 0.309 e. The van der Waals surface area contributed by atoms with E-state index in [0.29, 0.717) is 11.8 Å². The van der Waals surface area contributed by atoms with E-state index in [2.05, 4.69) is 0 Å². The summed E-state index contributed by atoms with van der Waals surface area (Å²) in [6.45, 7) is 3.84. The van der Waals surface area contributed by atoms with E-state index in [0.717, 1.165) is 11.1 Å². The van der Waals surface area contributed by atoms with Crippen molar-refractivity contribution in [2.24, 2.45) is 23.7 Å². The number of phenols is 2. The van der Waals surface area contributed by atoms with Crippen molar-refractivity contribution < 1.29 is 29.3 Å². The highest BCUT2D eigenvalue weighted by atomic mass is 16.5. The molecule has 184 valence electrons. The zero-order valence-electron chi connectivity index (χ0n) is 20.4. The van der Waals surface area contributed by atoms with Crippen LogP contribution in [-0.4, -0.2) is 36.4 Å². The predicted octanol–water partition coefficient (Wildman–Crippen LogP) is 5.39. The lowest BCUT2D eigenvalue weighted by Crippen LogP contribution is -2.22. The molecule has 2 aliphatic rings. The molecule has 2 aromatic rings. The summed E-state index contributed by atoms with van der Waals surface area (Å²) in [4.78, 5) is 23.3. The summed E-state index contributed by atoms with van der Waals surface area (Å²) in [6.07, 6.45) is 4.69. The van der Waals surface area contributed by atoms with E-state index in [9.17, 15) is 19.8 Å². The molecule has 2 N–H and O–H groups in total. The molecule has 2 aliphatic carbocycles. The molecule has 0 aromatic heterocycles. The Morgan fingerprint density at radius 3 is 1.21 bits per heavy atom. The van der Waals surface area contributed by atoms with Gasteiger partial charge in [0, 0.05) is 0 Å². The Morgan fingerprint density at radius 1 is 0.676 bits per heavy atom. The zero-order chi connectivity index (χ0) is 24.8. The third-order valence-corrected chi connectivity index (χ3v) is 7.04. The number of carbonyl (C=O) groups is 2. The smallest absolute Gasteiger partial charge is 0.309 e. The van der Waals surface area contributed by atoms with Gasteiger partial charge in [-0.3, -0.25) is 9.59 Å². The fourth-order valence-electron chi connectivity index (χ4n) is 4.91. The molecule has 2 fully saturated rings. The predicted molar refractivity (Wildman–Crippen MR) is 130 cm³/mol. The minimum atomic E-state index is -0.157. The Labute approximate surface area is 201 Å². The quantitative estimate of drug-likeness (QED) is 0.505. The van der Waals surface area contributed by atoms with Gasteiger partial charge in [-0.05, 0) is 84.7 Å². The number of hydrogen-bond acceptors (Lipinski definition) is 6. The first-order chi connectivity index (χ1) is 16.3. The fourth-order valence-corrected chi connectivity index (χ4v) is 4.91. The van der Waals surface area contributed by atoms with Gasteiger partial charge in [0.1, 0.15) is 11.5 Å². The van der Waals surface area contributed by atoms with Crippen molar-refractivity contribution in [3.63, 3.8) is 0 Å². The van der Waals surface area contributed by atoms with Gasteiger partial charge in [-0.1, -0.05) is 38.1 Å². The molecule has 4 rings (SSSR count). The molecule has 0 radical (unpaired) electrons. The van der Waals surface area contributed by atoms with Gasteiger partial charge in [-0.25, -0.2) is 0 Å². The number of ether oxygens (including phenoxy) is 2. The number of aromatic hydroxyl groups is 2. The first-order valence-electron chi connectivity index (χ1n) is 12.0. The Hall–Kier alpha value is -3.02. The van der Waals surface area contributed by atoms with Gasteiger partial charge in [-0.15, -0.1) is 0 Å². The first kappa shape index (κ1) is 25.6. The van der Waals surface area contributed by atoms with Crippen LogP contribution in [0.2, 0.25) is 0 Å². The van der Waals surface area contributed by atoms with Gasteiger partial charge >= 0.3 is 11.9 Å². The summed E-state index contributed by atoms with van der Waals surface area (Å²) >= 11 is 0. The van der Waals surface area contributed by atoms with Crippen LogP contribution < -0.4 is 0 Å². The van der Waals surface area contributed by atoms with Crippen LogP contribution in [0.4, 0.5) is 0 Å². The fraction of sp³-hybridized carbons (Fsp3) is 0.500. The third-order valence-electron chi connectivity index (χ3n) is 7.04. The van der Waals surface area contributed by atoms with E-state index < -0.39 is 0 Å². The molecule has 0 spiro atoms. The average Bonchev–Trinajstić information content (AvgIpc) is 3.76. The maximum absolute atomic E-state index is 11.7. The number of rotatable bonds is 8. The van der Waals surface area contributed by atoms with E-state index in [1.807, 2.05) is 38.1 Å². The lowest BCUT2D eigenvalue weighted by atomic mass is 9.83. The number of phenolic OH excluding ortho intramolecular Hbond substituents is 2.